The van der Waals surface area contributed by atoms with Gasteiger partial charge in [-0.05, 0) is 24.3 Å². The van der Waals surface area contributed by atoms with Gasteiger partial charge in [-0.15, -0.1) is 0 Å². The van der Waals surface area contributed by atoms with E-state index in [1.165, 1.54) is 0 Å². The molecule has 0 aliphatic rings. The molecule has 0 unspecified atom stereocenters. The molecule has 5 heteroatoms. The van der Waals surface area contributed by atoms with E-state index in [9.17, 15) is 9.59 Å². The molecular formula is C12H12N2O3. The number of nitrogens with one attached hydrogen (secondary N) is 2. The zero-order chi connectivity index (χ0) is 12.3. The first-order valence-electron chi connectivity index (χ1n) is 5.24. The predicted molar refractivity (Wildman–Crippen MR) is 63.8 cm³/mol. The summed E-state index contributed by atoms with van der Waals surface area (Å²) in [6.45, 7) is 0. The van der Waals surface area contributed by atoms with E-state index in [1.54, 1.807) is 6.07 Å². The quantitative estimate of drug-likeness (QED) is 0.753. The average molecular weight is 232 g/mol. The molecule has 1 heterocycles. The highest BCUT2D eigenvalue weighted by molar-refractivity contribution is 5.94. The van der Waals surface area contributed by atoms with Crippen LogP contribution in [0.3, 0.4) is 0 Å². The van der Waals surface area contributed by atoms with Crippen molar-refractivity contribution in [2.24, 2.45) is 0 Å². The lowest BCUT2D eigenvalue weighted by atomic mass is 10.2. The molecule has 0 spiro atoms. The number of hydrogen-bond donors (Lipinski definition) is 3. The number of H-pyrrole nitrogens is 1. The first kappa shape index (κ1) is 11.2. The number of amides is 1. The summed E-state index contributed by atoms with van der Waals surface area (Å²) in [5.41, 5.74) is 1.67. The summed E-state index contributed by atoms with van der Waals surface area (Å²) < 4.78 is 0. The van der Waals surface area contributed by atoms with Crippen molar-refractivity contribution in [1.82, 2.24) is 4.98 Å². The van der Waals surface area contributed by atoms with Gasteiger partial charge in [0.05, 0.1) is 6.42 Å². The summed E-state index contributed by atoms with van der Waals surface area (Å²) in [4.78, 5) is 24.8. The third-order valence-electron chi connectivity index (χ3n) is 2.40. The number of carbonyl (C=O) groups excluding carboxylic acids is 1. The Hall–Kier alpha value is -2.30. The van der Waals surface area contributed by atoms with Crippen molar-refractivity contribution in [2.45, 2.75) is 12.8 Å². The second kappa shape index (κ2) is 4.69. The zero-order valence-electron chi connectivity index (χ0n) is 9.06. The van der Waals surface area contributed by atoms with Crippen LogP contribution in [0.4, 0.5) is 5.69 Å². The fourth-order valence-electron chi connectivity index (χ4n) is 1.57. The third kappa shape index (κ3) is 2.84. The molecular weight excluding hydrogens is 220 g/mol. The molecule has 0 radical (unpaired) electrons. The number of carboxylic acids is 1. The van der Waals surface area contributed by atoms with E-state index in [0.29, 0.717) is 5.69 Å². The highest BCUT2D eigenvalue weighted by Crippen LogP contribution is 2.17. The fraction of sp³-hybridized carbons (Fsp3) is 0.167. The van der Waals surface area contributed by atoms with Crippen LogP contribution in [0.25, 0.3) is 10.9 Å². The maximum Gasteiger partial charge on any atom is 0.303 e. The molecule has 88 valence electrons. The molecule has 1 aromatic carbocycles. The standard InChI is InChI=1S/C12H12N2O3/c15-11(3-4-12(16)17)14-9-1-2-10-8(7-9)5-6-13-10/h1-2,5-7,13H,3-4H2,(H,14,15)(H,16,17). The van der Waals surface area contributed by atoms with Crippen molar-refractivity contribution in [3.8, 4) is 0 Å². The molecule has 5 nitrogen and oxygen atoms in total. The number of rotatable bonds is 4. The van der Waals surface area contributed by atoms with Gasteiger partial charge in [0.15, 0.2) is 0 Å². The lowest BCUT2D eigenvalue weighted by molar-refractivity contribution is -0.138. The van der Waals surface area contributed by atoms with Crippen LogP contribution in [-0.4, -0.2) is 22.0 Å². The molecule has 0 aliphatic carbocycles. The molecule has 0 fully saturated rings. The molecule has 17 heavy (non-hydrogen) atoms. The lowest BCUT2D eigenvalue weighted by Crippen LogP contribution is -2.12. The Morgan fingerprint density at radius 3 is 2.82 bits per heavy atom. The smallest absolute Gasteiger partial charge is 0.303 e. The second-order valence-electron chi connectivity index (χ2n) is 3.72. The summed E-state index contributed by atoms with van der Waals surface area (Å²) in [5, 5.41) is 12.1. The minimum Gasteiger partial charge on any atom is -0.481 e. The van der Waals surface area contributed by atoms with Gasteiger partial charge in [-0.2, -0.15) is 0 Å². The van der Waals surface area contributed by atoms with Crippen LogP contribution in [0.1, 0.15) is 12.8 Å². The number of fused-ring (bicyclic) bond motifs is 1. The van der Waals surface area contributed by atoms with Crippen molar-refractivity contribution >= 4 is 28.5 Å². The van der Waals surface area contributed by atoms with E-state index in [-0.39, 0.29) is 18.7 Å². The van der Waals surface area contributed by atoms with Gasteiger partial charge < -0.3 is 15.4 Å². The number of aliphatic carboxylic acids is 1. The second-order valence-corrected chi connectivity index (χ2v) is 3.72. The van der Waals surface area contributed by atoms with Gasteiger partial charge in [0.2, 0.25) is 5.91 Å². The molecule has 3 N–H and O–H groups in total. The summed E-state index contributed by atoms with van der Waals surface area (Å²) >= 11 is 0. The Kier molecular flexibility index (Phi) is 3.09. The molecule has 0 atom stereocenters. The largest absolute Gasteiger partial charge is 0.481 e. The molecule has 0 saturated heterocycles. The molecule has 0 saturated carbocycles. The topological polar surface area (TPSA) is 82.2 Å². The van der Waals surface area contributed by atoms with E-state index < -0.39 is 5.97 Å². The average Bonchev–Trinajstić information content (AvgIpc) is 2.73. The van der Waals surface area contributed by atoms with E-state index in [1.807, 2.05) is 24.4 Å². The van der Waals surface area contributed by atoms with Crippen LogP contribution in [-0.2, 0) is 9.59 Å². The summed E-state index contributed by atoms with van der Waals surface area (Å²) in [6.07, 6.45) is 1.65. The molecule has 1 amide bonds. The SMILES string of the molecule is O=C(O)CCC(=O)Nc1ccc2[nH]ccc2c1. The van der Waals surface area contributed by atoms with Crippen LogP contribution in [0, 0.1) is 0 Å². The lowest BCUT2D eigenvalue weighted by Gasteiger charge is -2.04. The van der Waals surface area contributed by atoms with Gasteiger partial charge in [-0.3, -0.25) is 9.59 Å². The van der Waals surface area contributed by atoms with Crippen molar-refractivity contribution in [2.75, 3.05) is 5.32 Å². The van der Waals surface area contributed by atoms with E-state index >= 15 is 0 Å². The fourth-order valence-corrected chi connectivity index (χ4v) is 1.57. The highest BCUT2D eigenvalue weighted by Gasteiger charge is 2.06. The zero-order valence-corrected chi connectivity index (χ0v) is 9.06. The Morgan fingerprint density at radius 2 is 2.06 bits per heavy atom. The number of aromatic nitrogens is 1. The monoisotopic (exact) mass is 232 g/mol. The van der Waals surface area contributed by atoms with Crippen molar-refractivity contribution in [1.29, 1.82) is 0 Å². The Morgan fingerprint density at radius 1 is 1.24 bits per heavy atom. The molecule has 0 bridgehead atoms. The molecule has 2 aromatic rings. The first-order chi connectivity index (χ1) is 8.15. The maximum atomic E-state index is 11.4. The van der Waals surface area contributed by atoms with Crippen LogP contribution >= 0.6 is 0 Å². The number of carbonyl (C=O) groups is 2. The Labute approximate surface area is 97.4 Å². The molecule has 0 aliphatic heterocycles. The minimum atomic E-state index is -0.971. The van der Waals surface area contributed by atoms with Gasteiger partial charge in [-0.1, -0.05) is 0 Å². The molecule has 2 rings (SSSR count). The minimum absolute atomic E-state index is 0.0134. The first-order valence-corrected chi connectivity index (χ1v) is 5.24. The van der Waals surface area contributed by atoms with Gasteiger partial charge in [0.1, 0.15) is 0 Å². The third-order valence-corrected chi connectivity index (χ3v) is 2.40. The normalized spacial score (nSPS) is 10.4. The number of aromatic amines is 1. The van der Waals surface area contributed by atoms with Gasteiger partial charge in [0.25, 0.3) is 0 Å². The van der Waals surface area contributed by atoms with Crippen LogP contribution in [0.15, 0.2) is 30.5 Å². The summed E-state index contributed by atoms with van der Waals surface area (Å²) in [7, 11) is 0. The highest BCUT2D eigenvalue weighted by atomic mass is 16.4. The predicted octanol–water partition coefficient (Wildman–Crippen LogP) is 1.97. The van der Waals surface area contributed by atoms with Crippen LogP contribution in [0.2, 0.25) is 0 Å². The van der Waals surface area contributed by atoms with E-state index in [4.69, 9.17) is 5.11 Å². The van der Waals surface area contributed by atoms with Crippen molar-refractivity contribution < 1.29 is 14.7 Å². The van der Waals surface area contributed by atoms with Crippen LogP contribution < -0.4 is 5.32 Å². The Balaban J connectivity index is 2.02. The number of hydrogen-bond acceptors (Lipinski definition) is 2. The summed E-state index contributed by atoms with van der Waals surface area (Å²) in [6, 6.07) is 7.38. The van der Waals surface area contributed by atoms with Gasteiger partial charge >= 0.3 is 5.97 Å². The Bertz CT molecular complexity index is 560. The van der Waals surface area contributed by atoms with E-state index in [2.05, 4.69) is 10.3 Å². The number of carboxylic acid groups (broad SMARTS) is 1. The van der Waals surface area contributed by atoms with Crippen LogP contribution in [0.5, 0.6) is 0 Å². The van der Waals surface area contributed by atoms with Gasteiger partial charge in [-0.25, -0.2) is 0 Å². The number of benzene rings is 1. The van der Waals surface area contributed by atoms with Crippen molar-refractivity contribution in [3.63, 3.8) is 0 Å². The van der Waals surface area contributed by atoms with Crippen molar-refractivity contribution in [3.05, 3.63) is 30.5 Å². The number of anilines is 1. The summed E-state index contributed by atoms with van der Waals surface area (Å²) in [5.74, 6) is -1.26. The van der Waals surface area contributed by atoms with E-state index in [0.717, 1.165) is 10.9 Å². The van der Waals surface area contributed by atoms with Gasteiger partial charge in [0, 0.05) is 29.2 Å². The molecule has 1 aromatic heterocycles. The maximum absolute atomic E-state index is 11.4.